The molecule has 4 N–H and O–H groups in total. The van der Waals surface area contributed by atoms with E-state index >= 15 is 0 Å². The second kappa shape index (κ2) is 14.6. The van der Waals surface area contributed by atoms with E-state index in [0.717, 1.165) is 119 Å². The highest BCUT2D eigenvalue weighted by Gasteiger charge is 2.36. The molecule has 2 fully saturated rings. The van der Waals surface area contributed by atoms with E-state index in [1.54, 1.807) is 12.4 Å². The lowest BCUT2D eigenvalue weighted by atomic mass is 9.99. The van der Waals surface area contributed by atoms with E-state index in [0.29, 0.717) is 22.9 Å². The number of pyridine rings is 2. The van der Waals surface area contributed by atoms with Gasteiger partial charge in [0.2, 0.25) is 0 Å². The minimum atomic E-state index is -0.487. The summed E-state index contributed by atoms with van der Waals surface area (Å²) < 4.78 is 12.4. The molecule has 2 amide bonds. The van der Waals surface area contributed by atoms with Crippen LogP contribution in [0.2, 0.25) is 10.0 Å². The molecule has 6 aromatic rings. The second-order valence-electron chi connectivity index (χ2n) is 13.9. The summed E-state index contributed by atoms with van der Waals surface area (Å²) in [6, 6.07) is 15.5. The summed E-state index contributed by atoms with van der Waals surface area (Å²) in [4.78, 5) is 44.5. The average molecular weight is 766 g/mol. The van der Waals surface area contributed by atoms with Gasteiger partial charge in [0.1, 0.15) is 22.8 Å². The first-order valence-corrected chi connectivity index (χ1v) is 19.0. The number of H-pyrrole nitrogens is 2. The largest absolute Gasteiger partial charge is 0.479 e. The second-order valence-corrected chi connectivity index (χ2v) is 14.7. The lowest BCUT2D eigenvalue weighted by Crippen LogP contribution is -2.50. The van der Waals surface area contributed by atoms with E-state index < -0.39 is 12.2 Å². The quantitative estimate of drug-likeness (QED) is 0.191. The summed E-state index contributed by atoms with van der Waals surface area (Å²) in [5.74, 6) is 1.61. The number of aromatic nitrogens is 4. The van der Waals surface area contributed by atoms with Gasteiger partial charge in [0, 0.05) is 133 Å². The van der Waals surface area contributed by atoms with Crippen LogP contribution in [0, 0.1) is 0 Å². The molecule has 12 nitrogen and oxygen atoms in total. The van der Waals surface area contributed by atoms with Gasteiger partial charge < -0.3 is 39.9 Å². The summed E-state index contributed by atoms with van der Waals surface area (Å²) in [7, 11) is 0. The van der Waals surface area contributed by atoms with Crippen LogP contribution in [0.3, 0.4) is 0 Å². The van der Waals surface area contributed by atoms with Gasteiger partial charge in [-0.1, -0.05) is 23.2 Å². The molecule has 0 radical (unpaired) electrons. The van der Waals surface area contributed by atoms with Crippen LogP contribution >= 0.6 is 23.2 Å². The highest BCUT2D eigenvalue weighted by atomic mass is 35.5. The lowest BCUT2D eigenvalue weighted by Gasteiger charge is -2.29. The maximum absolute atomic E-state index is 12.9. The van der Waals surface area contributed by atoms with E-state index in [-0.39, 0.29) is 11.8 Å². The fraction of sp³-hybridized carbons (Fsp3) is 0.300. The Kier molecular flexibility index (Phi) is 9.36. The highest BCUT2D eigenvalue weighted by molar-refractivity contribution is 6.31. The number of nitrogens with one attached hydrogen (secondary N) is 4. The lowest BCUT2D eigenvalue weighted by molar-refractivity contribution is -0.139. The Labute approximate surface area is 321 Å². The Hall–Kier alpha value is -5.14. The fourth-order valence-electron chi connectivity index (χ4n) is 7.89. The Morgan fingerprint density at radius 2 is 1.04 bits per heavy atom. The summed E-state index contributed by atoms with van der Waals surface area (Å²) in [5.41, 5.74) is 7.38. The molecule has 0 unspecified atom stereocenters. The molecule has 54 heavy (non-hydrogen) atoms. The number of aromatic amines is 2. The van der Waals surface area contributed by atoms with E-state index in [1.807, 2.05) is 70.7 Å². The number of amides is 2. The predicted octanol–water partition coefficient (Wildman–Crippen LogP) is 5.24. The van der Waals surface area contributed by atoms with Crippen molar-refractivity contribution in [2.24, 2.45) is 0 Å². The standard InChI is InChI=1S/2C20H19ClN4O2/c2*21-13-9-12-10-17(20(26)25-7-5-22-6-8-25)27-18(12)16(11-13)14-1-3-23-19-15(14)2-4-24-19/h2*1-4,9,11,17,22H,5-8,10H2,(H,23,24)/t2*17-/m10/s1. The number of nitrogens with zero attached hydrogens (tertiary/aromatic N) is 4. The van der Waals surface area contributed by atoms with E-state index in [2.05, 4.69) is 30.6 Å². The summed E-state index contributed by atoms with van der Waals surface area (Å²) in [6.07, 6.45) is 7.38. The van der Waals surface area contributed by atoms with Crippen LogP contribution in [-0.4, -0.2) is 106 Å². The van der Waals surface area contributed by atoms with Crippen molar-refractivity contribution in [3.63, 3.8) is 0 Å². The molecule has 8 heterocycles. The van der Waals surface area contributed by atoms with Crippen molar-refractivity contribution in [1.82, 2.24) is 40.4 Å². The molecule has 0 saturated carbocycles. The molecule has 2 atom stereocenters. The maximum Gasteiger partial charge on any atom is 0.264 e. The van der Waals surface area contributed by atoms with Crippen LogP contribution in [0.15, 0.2) is 73.3 Å². The highest BCUT2D eigenvalue weighted by Crippen LogP contribution is 2.44. The monoisotopic (exact) mass is 764 g/mol. The number of fused-ring (bicyclic) bond motifs is 4. The minimum absolute atomic E-state index is 0.0521. The number of carbonyl (C=O) groups excluding carboxylic acids is 2. The van der Waals surface area contributed by atoms with Crippen molar-refractivity contribution in [2.75, 3.05) is 52.4 Å². The van der Waals surface area contributed by atoms with Crippen LogP contribution in [0.4, 0.5) is 0 Å². The Morgan fingerprint density at radius 1 is 0.611 bits per heavy atom. The van der Waals surface area contributed by atoms with Gasteiger partial charge >= 0.3 is 0 Å². The van der Waals surface area contributed by atoms with Gasteiger partial charge in [-0.25, -0.2) is 9.97 Å². The average Bonchev–Trinajstić information content (AvgIpc) is 4.03. The zero-order valence-electron chi connectivity index (χ0n) is 29.3. The molecule has 0 bridgehead atoms. The number of piperazine rings is 2. The Morgan fingerprint density at radius 3 is 1.46 bits per heavy atom. The first-order chi connectivity index (χ1) is 26.4. The third kappa shape index (κ3) is 6.53. The normalized spacial score (nSPS) is 19.1. The van der Waals surface area contributed by atoms with E-state index in [9.17, 15) is 9.59 Å². The molecular weight excluding hydrogens is 727 g/mol. The van der Waals surface area contributed by atoms with Gasteiger partial charge in [-0.2, -0.15) is 0 Å². The number of ether oxygens (including phenoxy) is 2. The molecule has 276 valence electrons. The third-order valence-corrected chi connectivity index (χ3v) is 10.9. The van der Waals surface area contributed by atoms with Gasteiger partial charge in [0.25, 0.3) is 11.8 Å². The van der Waals surface area contributed by atoms with Crippen LogP contribution < -0.4 is 20.1 Å². The number of hydrogen-bond acceptors (Lipinski definition) is 8. The van der Waals surface area contributed by atoms with Gasteiger partial charge in [0.05, 0.1) is 0 Å². The molecular formula is C40H38Cl2N8O4. The van der Waals surface area contributed by atoms with Crippen LogP contribution in [0.5, 0.6) is 11.5 Å². The summed E-state index contributed by atoms with van der Waals surface area (Å²) >= 11 is 12.8. The van der Waals surface area contributed by atoms with Gasteiger partial charge in [-0.05, 0) is 59.7 Å². The molecule has 0 aliphatic carbocycles. The van der Waals surface area contributed by atoms with Gasteiger partial charge in [-0.3, -0.25) is 9.59 Å². The summed E-state index contributed by atoms with van der Waals surface area (Å²) in [6.45, 7) is 6.17. The first-order valence-electron chi connectivity index (χ1n) is 18.2. The Balaban J connectivity index is 0.000000142. The zero-order valence-corrected chi connectivity index (χ0v) is 30.8. The Bertz CT molecular complexity index is 2220. The van der Waals surface area contributed by atoms with Crippen LogP contribution in [0.25, 0.3) is 44.3 Å². The number of carbonyl (C=O) groups is 2. The molecule has 2 saturated heterocycles. The molecule has 4 aromatic heterocycles. The SMILES string of the molecule is O=C([C@@H]1Cc2cc(Cl)cc(-c3ccnc4[nH]ccc34)c2O1)N1CCNCC1.O=C([C@H]1Cc2cc(Cl)cc(-c3ccnc4[nH]ccc34)c2O1)N1CCNCC1. The first kappa shape index (κ1) is 34.6. The molecule has 4 aliphatic heterocycles. The molecule has 2 aromatic carbocycles. The number of halogens is 2. The summed E-state index contributed by atoms with van der Waals surface area (Å²) in [5, 5.41) is 9.83. The third-order valence-electron chi connectivity index (χ3n) is 10.5. The van der Waals surface area contributed by atoms with Crippen LogP contribution in [-0.2, 0) is 22.4 Å². The van der Waals surface area contributed by atoms with Crippen molar-refractivity contribution >= 4 is 57.1 Å². The maximum atomic E-state index is 12.9. The van der Waals surface area contributed by atoms with Gasteiger partial charge in [-0.15, -0.1) is 0 Å². The van der Waals surface area contributed by atoms with Crippen molar-refractivity contribution in [3.05, 3.63) is 94.5 Å². The van der Waals surface area contributed by atoms with Gasteiger partial charge in [0.15, 0.2) is 12.2 Å². The number of hydrogen-bond donors (Lipinski definition) is 4. The fourth-order valence-corrected chi connectivity index (χ4v) is 8.38. The topological polar surface area (TPSA) is 140 Å². The van der Waals surface area contributed by atoms with Crippen LogP contribution in [0.1, 0.15) is 11.1 Å². The van der Waals surface area contributed by atoms with Crippen molar-refractivity contribution in [2.45, 2.75) is 25.0 Å². The molecule has 14 heteroatoms. The predicted molar refractivity (Wildman–Crippen MR) is 208 cm³/mol. The van der Waals surface area contributed by atoms with Crippen molar-refractivity contribution < 1.29 is 19.1 Å². The number of rotatable bonds is 4. The van der Waals surface area contributed by atoms with E-state index in [4.69, 9.17) is 32.7 Å². The van der Waals surface area contributed by atoms with Crippen molar-refractivity contribution in [3.8, 4) is 33.8 Å². The van der Waals surface area contributed by atoms with Crippen molar-refractivity contribution in [1.29, 1.82) is 0 Å². The molecule has 10 rings (SSSR count). The smallest absolute Gasteiger partial charge is 0.264 e. The van der Waals surface area contributed by atoms with E-state index in [1.165, 1.54) is 0 Å². The number of benzene rings is 2. The molecule has 0 spiro atoms. The molecule has 4 aliphatic rings. The zero-order chi connectivity index (χ0) is 36.8. The minimum Gasteiger partial charge on any atom is -0.479 e.